The number of fused-ring (bicyclic) bond motifs is 2. The maximum absolute atomic E-state index is 10.3. The molecule has 5 aromatic rings. The first-order chi connectivity index (χ1) is 17.5. The molecule has 1 aliphatic carbocycles. The summed E-state index contributed by atoms with van der Waals surface area (Å²) in [6, 6.07) is 20.5. The number of pyridine rings is 1. The van der Waals surface area contributed by atoms with Crippen molar-refractivity contribution >= 4 is 32.4 Å². The van der Waals surface area contributed by atoms with Crippen LogP contribution in [0.2, 0.25) is 0 Å². The molecule has 9 nitrogen and oxygen atoms in total. The van der Waals surface area contributed by atoms with Gasteiger partial charge in [0.1, 0.15) is 22.9 Å². The minimum Gasteiger partial charge on any atom is -0.390 e. The van der Waals surface area contributed by atoms with Crippen LogP contribution in [0.25, 0.3) is 38.9 Å². The molecule has 0 radical (unpaired) electrons. The van der Waals surface area contributed by atoms with Crippen molar-refractivity contribution in [3.8, 4) is 22.5 Å². The van der Waals surface area contributed by atoms with Gasteiger partial charge in [-0.05, 0) is 31.9 Å². The normalized spacial score (nSPS) is 19.3. The third kappa shape index (κ3) is 5.31. The molecule has 1 saturated carbocycles. The lowest BCUT2D eigenvalue weighted by Gasteiger charge is -2.40. The van der Waals surface area contributed by atoms with E-state index in [0.717, 1.165) is 44.8 Å². The fourth-order valence-electron chi connectivity index (χ4n) is 4.79. The van der Waals surface area contributed by atoms with Gasteiger partial charge in [0.15, 0.2) is 0 Å². The highest BCUT2D eigenvalue weighted by molar-refractivity contribution is 7.85. The Morgan fingerprint density at radius 2 is 1.70 bits per heavy atom. The molecule has 1 fully saturated rings. The maximum Gasteiger partial charge on any atom is 0.261 e. The first kappa shape index (κ1) is 24.8. The number of nitrogens with two attached hydrogens (primary N) is 1. The van der Waals surface area contributed by atoms with Crippen LogP contribution in [0.5, 0.6) is 0 Å². The molecular weight excluding hydrogens is 490 g/mol. The van der Waals surface area contributed by atoms with Crippen molar-refractivity contribution in [3.63, 3.8) is 0 Å². The molecule has 3 aromatic heterocycles. The number of benzene rings is 2. The lowest BCUT2D eigenvalue weighted by molar-refractivity contribution is -0.0335. The average molecular weight is 518 g/mol. The molecule has 1 aliphatic rings. The van der Waals surface area contributed by atoms with Gasteiger partial charge in [0.2, 0.25) is 0 Å². The van der Waals surface area contributed by atoms with E-state index in [1.54, 1.807) is 6.20 Å². The molecule has 37 heavy (non-hydrogen) atoms. The standard InChI is InChI=1S/C26H23N5O.CH4O3S/c1-26(32)14-19(15-26)25-30-22(23-24(27)28-11-12-31(23)25)18-8-7-17-9-10-20(29-21(17)13-18)16-5-3-2-4-6-16;1-5(2,3)4/h2-13,19,32H,14-15H2,1H3,(H2,27,28);1H3,(H,2,3,4). The van der Waals surface area contributed by atoms with Gasteiger partial charge in [-0.1, -0.05) is 48.5 Å². The predicted octanol–water partition coefficient (Wildman–Crippen LogP) is 4.33. The first-order valence-corrected chi connectivity index (χ1v) is 13.6. The Morgan fingerprint density at radius 3 is 2.38 bits per heavy atom. The fourth-order valence-corrected chi connectivity index (χ4v) is 4.79. The largest absolute Gasteiger partial charge is 0.390 e. The summed E-state index contributed by atoms with van der Waals surface area (Å²) < 4.78 is 27.9. The molecule has 0 spiro atoms. The van der Waals surface area contributed by atoms with E-state index in [2.05, 4.69) is 41.4 Å². The predicted molar refractivity (Wildman–Crippen MR) is 144 cm³/mol. The lowest BCUT2D eigenvalue weighted by Crippen LogP contribution is -2.40. The molecular formula is C27H27N5O4S. The zero-order chi connectivity index (χ0) is 26.4. The Bertz CT molecular complexity index is 1700. The van der Waals surface area contributed by atoms with Crippen LogP contribution in [-0.4, -0.2) is 49.3 Å². The van der Waals surface area contributed by atoms with Crippen LogP contribution in [0, 0.1) is 0 Å². The molecule has 10 heteroatoms. The summed E-state index contributed by atoms with van der Waals surface area (Å²) >= 11 is 0. The summed E-state index contributed by atoms with van der Waals surface area (Å²) in [6.45, 7) is 1.87. The minimum absolute atomic E-state index is 0.191. The quantitative estimate of drug-likeness (QED) is 0.300. The highest BCUT2D eigenvalue weighted by Crippen LogP contribution is 2.45. The van der Waals surface area contributed by atoms with E-state index in [-0.39, 0.29) is 5.92 Å². The number of aliphatic hydroxyl groups is 1. The highest BCUT2D eigenvalue weighted by atomic mass is 32.2. The van der Waals surface area contributed by atoms with Gasteiger partial charge >= 0.3 is 0 Å². The van der Waals surface area contributed by atoms with Crippen LogP contribution < -0.4 is 5.73 Å². The van der Waals surface area contributed by atoms with Crippen molar-refractivity contribution in [1.29, 1.82) is 0 Å². The van der Waals surface area contributed by atoms with E-state index in [0.29, 0.717) is 24.9 Å². The van der Waals surface area contributed by atoms with Gasteiger partial charge in [-0.2, -0.15) is 8.42 Å². The molecule has 0 saturated heterocycles. The summed E-state index contributed by atoms with van der Waals surface area (Å²) in [5.74, 6) is 1.55. The van der Waals surface area contributed by atoms with E-state index in [4.69, 9.17) is 20.3 Å². The van der Waals surface area contributed by atoms with E-state index in [1.807, 2.05) is 41.8 Å². The van der Waals surface area contributed by atoms with Crippen LogP contribution in [0.15, 0.2) is 73.1 Å². The van der Waals surface area contributed by atoms with Crippen LogP contribution in [0.3, 0.4) is 0 Å². The number of nitrogen functional groups attached to an aromatic ring is 1. The van der Waals surface area contributed by atoms with Gasteiger partial charge in [-0.3, -0.25) is 8.95 Å². The Hall–Kier alpha value is -3.86. The number of imidazole rings is 1. The highest BCUT2D eigenvalue weighted by Gasteiger charge is 2.41. The average Bonchev–Trinajstić information content (AvgIpc) is 3.22. The van der Waals surface area contributed by atoms with Gasteiger partial charge in [0.25, 0.3) is 10.1 Å². The molecule has 0 aliphatic heterocycles. The molecule has 3 heterocycles. The second kappa shape index (κ2) is 9.22. The van der Waals surface area contributed by atoms with Crippen LogP contribution in [-0.2, 0) is 10.1 Å². The van der Waals surface area contributed by atoms with Crippen molar-refractivity contribution in [3.05, 3.63) is 78.9 Å². The topological polar surface area (TPSA) is 144 Å². The molecule has 190 valence electrons. The van der Waals surface area contributed by atoms with Gasteiger partial charge in [0, 0.05) is 34.8 Å². The number of aromatic nitrogens is 4. The van der Waals surface area contributed by atoms with Crippen molar-refractivity contribution in [2.24, 2.45) is 0 Å². The van der Waals surface area contributed by atoms with E-state index in [1.165, 1.54) is 0 Å². The van der Waals surface area contributed by atoms with Crippen molar-refractivity contribution in [1.82, 2.24) is 19.4 Å². The minimum atomic E-state index is -3.67. The third-order valence-corrected chi connectivity index (χ3v) is 6.38. The molecule has 0 atom stereocenters. The summed E-state index contributed by atoms with van der Waals surface area (Å²) in [7, 11) is -3.67. The smallest absolute Gasteiger partial charge is 0.261 e. The van der Waals surface area contributed by atoms with Crippen molar-refractivity contribution in [2.75, 3.05) is 12.0 Å². The van der Waals surface area contributed by atoms with Crippen LogP contribution in [0.1, 0.15) is 31.5 Å². The first-order valence-electron chi connectivity index (χ1n) is 11.7. The summed E-state index contributed by atoms with van der Waals surface area (Å²) in [5.41, 5.74) is 11.1. The Kier molecular flexibility index (Phi) is 6.18. The second-order valence-electron chi connectivity index (χ2n) is 9.65. The lowest BCUT2D eigenvalue weighted by atomic mass is 9.72. The van der Waals surface area contributed by atoms with Gasteiger partial charge < -0.3 is 10.8 Å². The Labute approximate surface area is 214 Å². The van der Waals surface area contributed by atoms with E-state index in [9.17, 15) is 13.5 Å². The molecule has 2 aromatic carbocycles. The monoisotopic (exact) mass is 517 g/mol. The number of hydrogen-bond acceptors (Lipinski definition) is 7. The van der Waals surface area contributed by atoms with Gasteiger partial charge in [-0.15, -0.1) is 0 Å². The van der Waals surface area contributed by atoms with Crippen molar-refractivity contribution in [2.45, 2.75) is 31.3 Å². The Morgan fingerprint density at radius 1 is 1.03 bits per heavy atom. The number of hydrogen-bond donors (Lipinski definition) is 3. The second-order valence-corrected chi connectivity index (χ2v) is 11.1. The van der Waals surface area contributed by atoms with Crippen LogP contribution >= 0.6 is 0 Å². The summed E-state index contributed by atoms with van der Waals surface area (Å²) in [6.07, 6.45) is 5.69. The number of rotatable bonds is 3. The maximum atomic E-state index is 10.3. The third-order valence-electron chi connectivity index (χ3n) is 6.38. The zero-order valence-electron chi connectivity index (χ0n) is 20.4. The molecule has 6 rings (SSSR count). The molecule has 4 N–H and O–H groups in total. The summed E-state index contributed by atoms with van der Waals surface area (Å²) in [4.78, 5) is 14.2. The van der Waals surface area contributed by atoms with Gasteiger partial charge in [0.05, 0.1) is 23.1 Å². The van der Waals surface area contributed by atoms with E-state index >= 15 is 0 Å². The molecule has 0 amide bonds. The van der Waals surface area contributed by atoms with Crippen molar-refractivity contribution < 1.29 is 18.1 Å². The van der Waals surface area contributed by atoms with E-state index < -0.39 is 15.7 Å². The molecule has 0 bridgehead atoms. The van der Waals surface area contributed by atoms with Crippen LogP contribution in [0.4, 0.5) is 5.82 Å². The number of nitrogens with zero attached hydrogens (tertiary/aromatic N) is 4. The zero-order valence-corrected chi connectivity index (χ0v) is 21.2. The summed E-state index contributed by atoms with van der Waals surface area (Å²) in [5, 5.41) is 11.3. The number of anilines is 1. The fraction of sp³-hybridized carbons (Fsp3) is 0.222. The Balaban J connectivity index is 0.000000514. The van der Waals surface area contributed by atoms with Gasteiger partial charge in [-0.25, -0.2) is 15.0 Å². The molecule has 0 unspecified atom stereocenters. The SMILES string of the molecule is CC1(O)CC(c2nc(-c3ccc4ccc(-c5ccccc5)nc4c3)c3c(N)nccn23)C1.CS(=O)(=O)O.